The normalized spacial score (nSPS) is 16.0. The Kier molecular flexibility index (Phi) is 4.24. The zero-order valence-electron chi connectivity index (χ0n) is 13.1. The topological polar surface area (TPSA) is 51.0 Å². The zero-order valence-corrected chi connectivity index (χ0v) is 14.6. The molecule has 1 saturated heterocycles. The van der Waals surface area contributed by atoms with Crippen LogP contribution in [0.25, 0.3) is 10.2 Å². The lowest BCUT2D eigenvalue weighted by Crippen LogP contribution is -2.39. The first kappa shape index (κ1) is 15.6. The molecule has 0 N–H and O–H groups in total. The number of rotatable bonds is 3. The molecular formula is C17H17ClN4OS. The molecule has 0 atom stereocenters. The highest BCUT2D eigenvalue weighted by Crippen LogP contribution is 2.34. The summed E-state index contributed by atoms with van der Waals surface area (Å²) >= 11 is 7.78. The highest BCUT2D eigenvalue weighted by atomic mass is 35.5. The molecule has 5 nitrogen and oxygen atoms in total. The van der Waals surface area contributed by atoms with E-state index in [9.17, 15) is 4.79 Å². The van der Waals surface area contributed by atoms with Crippen LogP contribution in [0.3, 0.4) is 0 Å². The van der Waals surface area contributed by atoms with E-state index in [0.717, 1.165) is 41.5 Å². The summed E-state index contributed by atoms with van der Waals surface area (Å²) < 4.78 is 2.85. The lowest BCUT2D eigenvalue weighted by Gasteiger charge is -2.31. The van der Waals surface area contributed by atoms with Crippen LogP contribution in [0.2, 0.25) is 5.02 Å². The molecule has 1 fully saturated rings. The van der Waals surface area contributed by atoms with Crippen molar-refractivity contribution < 1.29 is 4.79 Å². The van der Waals surface area contributed by atoms with Gasteiger partial charge in [-0.1, -0.05) is 11.6 Å². The van der Waals surface area contributed by atoms with Crippen LogP contribution in [-0.4, -0.2) is 38.7 Å². The summed E-state index contributed by atoms with van der Waals surface area (Å²) in [6.45, 7) is 1.88. The highest BCUT2D eigenvalue weighted by molar-refractivity contribution is 7.18. The number of amides is 1. The van der Waals surface area contributed by atoms with Gasteiger partial charge in [0.15, 0.2) is 0 Å². The van der Waals surface area contributed by atoms with Crippen LogP contribution in [0.4, 0.5) is 0 Å². The number of nitrogens with zero attached hydrogens (tertiary/aromatic N) is 4. The summed E-state index contributed by atoms with van der Waals surface area (Å²) in [5, 5.41) is 5.97. The van der Waals surface area contributed by atoms with E-state index in [1.54, 1.807) is 22.2 Å². The van der Waals surface area contributed by atoms with E-state index in [4.69, 9.17) is 16.6 Å². The monoisotopic (exact) mass is 360 g/mol. The SMILES string of the molecule is O=C(Cn1cccn1)N1CCC(c2nc3cc(Cl)ccc3s2)CC1. The van der Waals surface area contributed by atoms with Gasteiger partial charge >= 0.3 is 0 Å². The van der Waals surface area contributed by atoms with E-state index >= 15 is 0 Å². The van der Waals surface area contributed by atoms with Gasteiger partial charge in [-0.05, 0) is 37.1 Å². The number of halogens is 1. The van der Waals surface area contributed by atoms with Crippen molar-refractivity contribution in [1.29, 1.82) is 0 Å². The van der Waals surface area contributed by atoms with Gasteiger partial charge in [0.25, 0.3) is 0 Å². The molecule has 1 aromatic carbocycles. The lowest BCUT2D eigenvalue weighted by molar-refractivity contribution is -0.133. The predicted molar refractivity (Wildman–Crippen MR) is 95.4 cm³/mol. The van der Waals surface area contributed by atoms with Crippen LogP contribution >= 0.6 is 22.9 Å². The van der Waals surface area contributed by atoms with Crippen LogP contribution < -0.4 is 0 Å². The molecule has 3 aromatic rings. The molecule has 0 spiro atoms. The third-order valence-corrected chi connectivity index (χ3v) is 5.85. The minimum absolute atomic E-state index is 0.133. The molecule has 0 aliphatic carbocycles. The average molecular weight is 361 g/mol. The third-order valence-electron chi connectivity index (χ3n) is 4.42. The van der Waals surface area contributed by atoms with Gasteiger partial charge in [-0.2, -0.15) is 5.10 Å². The number of likely N-dealkylation sites (tertiary alicyclic amines) is 1. The van der Waals surface area contributed by atoms with Crippen LogP contribution in [0.5, 0.6) is 0 Å². The first-order chi connectivity index (χ1) is 11.7. The van der Waals surface area contributed by atoms with E-state index in [-0.39, 0.29) is 5.91 Å². The standard InChI is InChI=1S/C17H17ClN4OS/c18-13-2-3-15-14(10-13)20-17(24-15)12-4-8-21(9-5-12)16(23)11-22-7-1-6-19-22/h1-3,6-7,10,12H,4-5,8-9,11H2. The molecular weight excluding hydrogens is 344 g/mol. The Morgan fingerprint density at radius 2 is 2.17 bits per heavy atom. The Balaban J connectivity index is 1.40. The van der Waals surface area contributed by atoms with Crippen LogP contribution in [0.1, 0.15) is 23.8 Å². The van der Waals surface area contributed by atoms with E-state index < -0.39 is 0 Å². The van der Waals surface area contributed by atoms with Crippen molar-refractivity contribution in [3.8, 4) is 0 Å². The number of carbonyl (C=O) groups excluding carboxylic acids is 1. The Morgan fingerprint density at radius 3 is 2.92 bits per heavy atom. The third kappa shape index (κ3) is 3.16. The molecule has 0 bridgehead atoms. The quantitative estimate of drug-likeness (QED) is 0.717. The van der Waals surface area contributed by atoms with Crippen molar-refractivity contribution in [1.82, 2.24) is 19.7 Å². The maximum absolute atomic E-state index is 12.3. The minimum atomic E-state index is 0.133. The molecule has 2 aromatic heterocycles. The molecule has 0 radical (unpaired) electrons. The number of hydrogen-bond acceptors (Lipinski definition) is 4. The molecule has 7 heteroatoms. The van der Waals surface area contributed by atoms with Gasteiger partial charge in [-0.3, -0.25) is 9.48 Å². The number of benzene rings is 1. The number of piperidine rings is 1. The Hall–Kier alpha value is -1.92. The lowest BCUT2D eigenvalue weighted by atomic mass is 9.97. The fourth-order valence-electron chi connectivity index (χ4n) is 3.10. The second-order valence-corrected chi connectivity index (χ2v) is 7.52. The summed E-state index contributed by atoms with van der Waals surface area (Å²) in [6, 6.07) is 7.68. The van der Waals surface area contributed by atoms with E-state index in [2.05, 4.69) is 5.10 Å². The van der Waals surface area contributed by atoms with Crippen molar-refractivity contribution >= 4 is 39.1 Å². The molecule has 1 aliphatic heterocycles. The van der Waals surface area contributed by atoms with Crippen LogP contribution in [0, 0.1) is 0 Å². The number of aromatic nitrogens is 3. The van der Waals surface area contributed by atoms with E-state index in [0.29, 0.717) is 12.5 Å². The van der Waals surface area contributed by atoms with Gasteiger partial charge in [0.1, 0.15) is 6.54 Å². The first-order valence-corrected chi connectivity index (χ1v) is 9.20. The molecule has 0 saturated carbocycles. The first-order valence-electron chi connectivity index (χ1n) is 8.00. The maximum Gasteiger partial charge on any atom is 0.244 e. The largest absolute Gasteiger partial charge is 0.341 e. The molecule has 3 heterocycles. The summed E-state index contributed by atoms with van der Waals surface area (Å²) in [7, 11) is 0. The van der Waals surface area contributed by atoms with Gasteiger partial charge in [0.2, 0.25) is 5.91 Å². The van der Waals surface area contributed by atoms with Crippen molar-refractivity contribution in [2.24, 2.45) is 0 Å². The fourth-order valence-corrected chi connectivity index (χ4v) is 4.38. The van der Waals surface area contributed by atoms with E-state index in [1.807, 2.05) is 35.4 Å². The van der Waals surface area contributed by atoms with Crippen molar-refractivity contribution in [2.45, 2.75) is 25.3 Å². The highest BCUT2D eigenvalue weighted by Gasteiger charge is 2.26. The van der Waals surface area contributed by atoms with Crippen molar-refractivity contribution in [3.63, 3.8) is 0 Å². The second kappa shape index (κ2) is 6.53. The molecule has 4 rings (SSSR count). The van der Waals surface area contributed by atoms with Gasteiger partial charge in [0, 0.05) is 36.4 Å². The van der Waals surface area contributed by atoms with Crippen molar-refractivity contribution in [3.05, 3.63) is 46.7 Å². The predicted octanol–water partition coefficient (Wildman–Crippen LogP) is 3.55. The molecule has 124 valence electrons. The number of thiazole rings is 1. The fraction of sp³-hybridized carbons (Fsp3) is 0.353. The molecule has 0 unspecified atom stereocenters. The number of carbonyl (C=O) groups is 1. The smallest absolute Gasteiger partial charge is 0.244 e. The summed E-state index contributed by atoms with van der Waals surface area (Å²) in [4.78, 5) is 19.0. The maximum atomic E-state index is 12.3. The molecule has 1 aliphatic rings. The summed E-state index contributed by atoms with van der Waals surface area (Å²) in [5.41, 5.74) is 0.972. The second-order valence-electron chi connectivity index (χ2n) is 6.02. The van der Waals surface area contributed by atoms with Gasteiger partial charge in [0.05, 0.1) is 15.2 Å². The molecule has 1 amide bonds. The molecule has 24 heavy (non-hydrogen) atoms. The Bertz CT molecular complexity index is 853. The Labute approximate surface area is 148 Å². The zero-order chi connectivity index (χ0) is 16.5. The van der Waals surface area contributed by atoms with Crippen molar-refractivity contribution in [2.75, 3.05) is 13.1 Å². The van der Waals surface area contributed by atoms with Gasteiger partial charge in [-0.25, -0.2) is 4.98 Å². The number of hydrogen-bond donors (Lipinski definition) is 0. The van der Waals surface area contributed by atoms with Crippen LogP contribution in [0.15, 0.2) is 36.7 Å². The summed E-state index contributed by atoms with van der Waals surface area (Å²) in [6.07, 6.45) is 5.42. The average Bonchev–Trinajstić information content (AvgIpc) is 3.24. The Morgan fingerprint density at radius 1 is 1.33 bits per heavy atom. The summed E-state index contributed by atoms with van der Waals surface area (Å²) in [5.74, 6) is 0.558. The van der Waals surface area contributed by atoms with E-state index in [1.165, 1.54) is 4.70 Å². The minimum Gasteiger partial charge on any atom is -0.341 e. The van der Waals surface area contributed by atoms with Gasteiger partial charge in [-0.15, -0.1) is 11.3 Å². The van der Waals surface area contributed by atoms with Gasteiger partial charge < -0.3 is 4.90 Å². The number of fused-ring (bicyclic) bond motifs is 1. The van der Waals surface area contributed by atoms with Crippen LogP contribution in [-0.2, 0) is 11.3 Å².